The van der Waals surface area contributed by atoms with Crippen LogP contribution in [0.15, 0.2) is 42.5 Å². The van der Waals surface area contributed by atoms with E-state index in [1.54, 1.807) is 0 Å². The van der Waals surface area contributed by atoms with Gasteiger partial charge in [0.2, 0.25) is 0 Å². The van der Waals surface area contributed by atoms with Crippen LogP contribution in [-0.4, -0.2) is 17.1 Å². The zero-order valence-corrected chi connectivity index (χ0v) is 11.2. The third-order valence-electron chi connectivity index (χ3n) is 2.68. The van der Waals surface area contributed by atoms with Crippen molar-refractivity contribution in [2.45, 2.75) is 12.5 Å². The number of halogens is 1. The maximum atomic E-state index is 10.9. The highest BCUT2D eigenvalue weighted by molar-refractivity contribution is 14.1. The van der Waals surface area contributed by atoms with Gasteiger partial charge in [0.05, 0.1) is 0 Å². The number of fused-ring (bicyclic) bond motifs is 1. The fourth-order valence-corrected chi connectivity index (χ4v) is 2.26. The number of rotatable bonds is 4. The molecule has 1 atom stereocenters. The molecule has 0 fully saturated rings. The summed E-state index contributed by atoms with van der Waals surface area (Å²) in [6, 6.07) is 13.6. The fraction of sp³-hybridized carbons (Fsp3) is 0.154. The van der Waals surface area contributed by atoms with Gasteiger partial charge >= 0.3 is 5.97 Å². The molecule has 0 amide bonds. The third kappa shape index (κ3) is 2.95. The van der Waals surface area contributed by atoms with Crippen molar-refractivity contribution in [1.29, 1.82) is 0 Å². The Morgan fingerprint density at radius 1 is 1.24 bits per heavy atom. The minimum atomic E-state index is -0.826. The second-order valence-electron chi connectivity index (χ2n) is 3.89. The Morgan fingerprint density at radius 3 is 2.59 bits per heavy atom. The van der Waals surface area contributed by atoms with Crippen molar-refractivity contribution in [3.63, 3.8) is 0 Å². The molecule has 0 saturated heterocycles. The molecule has 88 valence electrons. The van der Waals surface area contributed by atoms with Crippen molar-refractivity contribution < 1.29 is 9.90 Å². The summed E-state index contributed by atoms with van der Waals surface area (Å²) in [5.41, 5.74) is 1.03. The monoisotopic (exact) mass is 341 g/mol. The average Bonchev–Trinajstić information content (AvgIpc) is 2.35. The van der Waals surface area contributed by atoms with Crippen LogP contribution in [0.5, 0.6) is 0 Å². The summed E-state index contributed by atoms with van der Waals surface area (Å²) in [5, 5.41) is 11.3. The average molecular weight is 341 g/mol. The van der Waals surface area contributed by atoms with Crippen LogP contribution < -0.4 is 3.53 Å². The maximum Gasteiger partial charge on any atom is 0.321 e. The molecule has 0 saturated carbocycles. The van der Waals surface area contributed by atoms with E-state index in [1.807, 2.05) is 65.3 Å². The smallest absolute Gasteiger partial charge is 0.321 e. The molecule has 0 aliphatic heterocycles. The molecule has 2 aromatic carbocycles. The van der Waals surface area contributed by atoms with E-state index in [1.165, 1.54) is 5.39 Å². The van der Waals surface area contributed by atoms with Crippen molar-refractivity contribution in [3.05, 3.63) is 48.0 Å². The Balaban J connectivity index is 2.27. The van der Waals surface area contributed by atoms with Crippen LogP contribution in [0.1, 0.15) is 5.56 Å². The summed E-state index contributed by atoms with van der Waals surface area (Å²) in [5.74, 6) is -0.826. The predicted octanol–water partition coefficient (Wildman–Crippen LogP) is 2.78. The second-order valence-corrected chi connectivity index (χ2v) is 4.51. The first-order valence-corrected chi connectivity index (χ1v) is 6.35. The molecule has 0 aliphatic rings. The lowest BCUT2D eigenvalue weighted by Gasteiger charge is -2.10. The van der Waals surface area contributed by atoms with Gasteiger partial charge < -0.3 is 5.11 Å². The van der Waals surface area contributed by atoms with Crippen LogP contribution in [0.3, 0.4) is 0 Å². The number of benzene rings is 2. The summed E-state index contributed by atoms with van der Waals surface area (Å²) in [7, 11) is 0. The van der Waals surface area contributed by atoms with Gasteiger partial charge in [0.15, 0.2) is 0 Å². The lowest BCUT2D eigenvalue weighted by molar-refractivity contribution is -0.138. The Kier molecular flexibility index (Phi) is 3.96. The van der Waals surface area contributed by atoms with E-state index in [2.05, 4.69) is 3.53 Å². The second kappa shape index (κ2) is 5.46. The van der Waals surface area contributed by atoms with Crippen molar-refractivity contribution in [2.24, 2.45) is 0 Å². The standard InChI is InChI=1S/C13H12INO2/c14-15-12(13(16)17)8-9-5-6-10-3-1-2-4-11(10)7-9/h1-7,12,15H,8H2,(H,16,17)/t12-/m0/s1. The number of carbonyl (C=O) groups is 1. The molecule has 2 N–H and O–H groups in total. The lowest BCUT2D eigenvalue weighted by atomic mass is 10.0. The number of nitrogens with one attached hydrogen (secondary N) is 1. The van der Waals surface area contributed by atoms with Gasteiger partial charge in [-0.15, -0.1) is 0 Å². The van der Waals surface area contributed by atoms with Crippen molar-refractivity contribution >= 4 is 39.6 Å². The molecule has 0 aliphatic carbocycles. The van der Waals surface area contributed by atoms with Gasteiger partial charge in [-0.3, -0.25) is 4.79 Å². The van der Waals surface area contributed by atoms with Gasteiger partial charge in [0.1, 0.15) is 6.04 Å². The summed E-state index contributed by atoms with van der Waals surface area (Å²) in [4.78, 5) is 10.9. The molecule has 0 spiro atoms. The van der Waals surface area contributed by atoms with Gasteiger partial charge in [-0.1, -0.05) is 42.5 Å². The van der Waals surface area contributed by atoms with E-state index in [4.69, 9.17) is 5.11 Å². The summed E-state index contributed by atoms with van der Waals surface area (Å²) in [6.07, 6.45) is 0.489. The highest BCUT2D eigenvalue weighted by atomic mass is 127. The zero-order valence-electron chi connectivity index (χ0n) is 9.06. The van der Waals surface area contributed by atoms with E-state index in [0.717, 1.165) is 10.9 Å². The normalized spacial score (nSPS) is 12.5. The first kappa shape index (κ1) is 12.3. The zero-order chi connectivity index (χ0) is 12.3. The minimum Gasteiger partial charge on any atom is -0.480 e. The summed E-state index contributed by atoms with van der Waals surface area (Å²) in [6.45, 7) is 0. The van der Waals surface area contributed by atoms with Crippen LogP contribution in [0, 0.1) is 0 Å². The predicted molar refractivity (Wildman–Crippen MR) is 76.2 cm³/mol. The highest BCUT2D eigenvalue weighted by Crippen LogP contribution is 2.16. The van der Waals surface area contributed by atoms with E-state index < -0.39 is 12.0 Å². The van der Waals surface area contributed by atoms with Crippen LogP contribution >= 0.6 is 22.9 Å². The molecule has 0 radical (unpaired) electrons. The summed E-state index contributed by atoms with van der Waals surface area (Å²) >= 11 is 1.88. The SMILES string of the molecule is O=C(O)[C@H](Cc1ccc2ccccc2c1)NI. The molecular weight excluding hydrogens is 329 g/mol. The number of carboxylic acids is 1. The van der Waals surface area contributed by atoms with Crippen molar-refractivity contribution in [1.82, 2.24) is 3.53 Å². The summed E-state index contributed by atoms with van der Waals surface area (Å²) < 4.78 is 2.77. The highest BCUT2D eigenvalue weighted by Gasteiger charge is 2.15. The fourth-order valence-electron chi connectivity index (χ4n) is 1.77. The van der Waals surface area contributed by atoms with Crippen LogP contribution in [-0.2, 0) is 11.2 Å². The van der Waals surface area contributed by atoms with Crippen molar-refractivity contribution in [2.75, 3.05) is 0 Å². The van der Waals surface area contributed by atoms with E-state index in [9.17, 15) is 4.79 Å². The molecule has 0 aromatic heterocycles. The number of carboxylic acid groups (broad SMARTS) is 1. The van der Waals surface area contributed by atoms with Crippen molar-refractivity contribution in [3.8, 4) is 0 Å². The maximum absolute atomic E-state index is 10.9. The van der Waals surface area contributed by atoms with Crippen LogP contribution in [0.25, 0.3) is 10.8 Å². The molecular formula is C13H12INO2. The van der Waals surface area contributed by atoms with Crippen LogP contribution in [0.2, 0.25) is 0 Å². The first-order valence-electron chi connectivity index (χ1n) is 5.27. The molecule has 2 rings (SSSR count). The minimum absolute atomic E-state index is 0.489. The Hall–Kier alpha value is -1.14. The third-order valence-corrected chi connectivity index (χ3v) is 3.44. The molecule has 0 unspecified atom stereocenters. The Labute approximate surface area is 113 Å². The van der Waals surface area contributed by atoms with Crippen LogP contribution in [0.4, 0.5) is 0 Å². The van der Waals surface area contributed by atoms with Gasteiger partial charge in [-0.25, -0.2) is 3.53 Å². The molecule has 0 bridgehead atoms. The van der Waals surface area contributed by atoms with E-state index in [-0.39, 0.29) is 0 Å². The molecule has 0 heterocycles. The van der Waals surface area contributed by atoms with Gasteiger partial charge in [0.25, 0.3) is 0 Å². The molecule has 17 heavy (non-hydrogen) atoms. The van der Waals surface area contributed by atoms with E-state index >= 15 is 0 Å². The molecule has 2 aromatic rings. The van der Waals surface area contributed by atoms with Gasteiger partial charge in [-0.05, 0) is 22.8 Å². The Bertz CT molecular complexity index is 542. The number of hydrogen-bond donors (Lipinski definition) is 2. The Morgan fingerprint density at radius 2 is 1.94 bits per heavy atom. The largest absolute Gasteiger partial charge is 0.480 e. The van der Waals surface area contributed by atoms with E-state index in [0.29, 0.717) is 6.42 Å². The topological polar surface area (TPSA) is 49.3 Å². The molecule has 4 heteroatoms. The molecule has 3 nitrogen and oxygen atoms in total. The van der Waals surface area contributed by atoms with Gasteiger partial charge in [-0.2, -0.15) is 0 Å². The number of aliphatic carboxylic acids is 1. The quantitative estimate of drug-likeness (QED) is 0.664. The van der Waals surface area contributed by atoms with Gasteiger partial charge in [0, 0.05) is 22.9 Å². The number of hydrogen-bond acceptors (Lipinski definition) is 2. The first-order chi connectivity index (χ1) is 8.20. The lowest BCUT2D eigenvalue weighted by Crippen LogP contribution is -2.32.